The summed E-state index contributed by atoms with van der Waals surface area (Å²) in [4.78, 5) is 13.7. The van der Waals surface area contributed by atoms with E-state index < -0.39 is 5.60 Å². The number of hydrogen-bond acceptors (Lipinski definition) is 2. The van der Waals surface area contributed by atoms with Gasteiger partial charge in [-0.2, -0.15) is 0 Å². The first-order valence-electron chi connectivity index (χ1n) is 6.63. The summed E-state index contributed by atoms with van der Waals surface area (Å²) in [5.41, 5.74) is 0.334. The molecule has 0 aliphatic carbocycles. The van der Waals surface area contributed by atoms with E-state index in [4.69, 9.17) is 4.74 Å². The zero-order chi connectivity index (χ0) is 13.6. The van der Waals surface area contributed by atoms with E-state index in [0.717, 1.165) is 31.4 Å². The Hall–Kier alpha value is -1.43. The second-order valence-corrected chi connectivity index (χ2v) is 5.42. The number of unbranched alkanes of at least 4 members (excludes halogenated alkanes) is 1. The van der Waals surface area contributed by atoms with E-state index in [9.17, 15) is 4.79 Å². The van der Waals surface area contributed by atoms with Gasteiger partial charge in [-0.1, -0.05) is 18.9 Å². The second kappa shape index (κ2) is 6.49. The highest BCUT2D eigenvalue weighted by Gasteiger charge is 2.25. The maximum atomic E-state index is 12.1. The molecule has 1 aliphatic heterocycles. The number of nitrogens with zero attached hydrogens (tertiary/aromatic N) is 1. The zero-order valence-electron chi connectivity index (χ0n) is 11.9. The minimum absolute atomic E-state index is 0.292. The molecule has 100 valence electrons. The standard InChI is InChI=1S/C15H23NO2/c1-5-6-7-10-13-11-8-9-12-16(13)14(17)18-15(2,3)4/h11H,5-6,8-9,12H2,1-4H3. The first kappa shape index (κ1) is 14.6. The summed E-state index contributed by atoms with van der Waals surface area (Å²) in [5.74, 6) is 6.16. The van der Waals surface area contributed by atoms with Gasteiger partial charge < -0.3 is 4.74 Å². The number of hydrogen-bond donors (Lipinski definition) is 0. The molecule has 0 unspecified atom stereocenters. The molecule has 0 spiro atoms. The largest absolute Gasteiger partial charge is 0.443 e. The van der Waals surface area contributed by atoms with Crippen LogP contribution in [-0.4, -0.2) is 23.1 Å². The SMILES string of the molecule is CCCC#CC1=CCCCN1C(=O)OC(C)(C)C. The highest BCUT2D eigenvalue weighted by Crippen LogP contribution is 2.18. The Kier molecular flexibility index (Phi) is 5.27. The molecule has 0 saturated carbocycles. The van der Waals surface area contributed by atoms with Gasteiger partial charge >= 0.3 is 6.09 Å². The quantitative estimate of drug-likeness (QED) is 0.663. The summed E-state index contributed by atoms with van der Waals surface area (Å²) in [6, 6.07) is 0. The van der Waals surface area contributed by atoms with Crippen LogP contribution in [0, 0.1) is 11.8 Å². The molecule has 18 heavy (non-hydrogen) atoms. The van der Waals surface area contributed by atoms with Crippen molar-refractivity contribution in [3.05, 3.63) is 11.8 Å². The zero-order valence-corrected chi connectivity index (χ0v) is 11.9. The van der Waals surface area contributed by atoms with E-state index in [1.165, 1.54) is 0 Å². The molecule has 1 amide bonds. The molecule has 3 heteroatoms. The minimum atomic E-state index is -0.462. The van der Waals surface area contributed by atoms with Crippen molar-refractivity contribution in [3.63, 3.8) is 0 Å². The third-order valence-electron chi connectivity index (χ3n) is 2.42. The number of allylic oxidation sites excluding steroid dienone is 2. The van der Waals surface area contributed by atoms with Crippen molar-refractivity contribution in [3.8, 4) is 11.8 Å². The first-order chi connectivity index (χ1) is 8.44. The maximum Gasteiger partial charge on any atom is 0.415 e. The molecule has 0 aromatic rings. The lowest BCUT2D eigenvalue weighted by atomic mass is 10.1. The molecule has 0 bridgehead atoms. The van der Waals surface area contributed by atoms with Gasteiger partial charge in [0.25, 0.3) is 0 Å². The fraction of sp³-hybridized carbons (Fsp3) is 0.667. The molecule has 1 heterocycles. The van der Waals surface area contributed by atoms with Crippen LogP contribution < -0.4 is 0 Å². The third-order valence-corrected chi connectivity index (χ3v) is 2.42. The topological polar surface area (TPSA) is 29.5 Å². The van der Waals surface area contributed by atoms with Crippen molar-refractivity contribution in [2.75, 3.05) is 6.54 Å². The summed E-state index contributed by atoms with van der Waals surface area (Å²) < 4.78 is 5.39. The van der Waals surface area contributed by atoms with Crippen molar-refractivity contribution in [2.45, 2.75) is 59.0 Å². The Bertz CT molecular complexity index is 380. The smallest absolute Gasteiger partial charge is 0.415 e. The van der Waals surface area contributed by atoms with Crippen molar-refractivity contribution < 1.29 is 9.53 Å². The van der Waals surface area contributed by atoms with Gasteiger partial charge in [0.2, 0.25) is 0 Å². The molecule has 1 aliphatic rings. The lowest BCUT2D eigenvalue weighted by Crippen LogP contribution is -2.37. The van der Waals surface area contributed by atoms with Gasteiger partial charge in [0, 0.05) is 13.0 Å². The Labute approximate surface area is 110 Å². The molecular formula is C15H23NO2. The van der Waals surface area contributed by atoms with Crippen LogP contribution in [0.1, 0.15) is 53.4 Å². The molecule has 0 fully saturated rings. The summed E-state index contributed by atoms with van der Waals surface area (Å²) in [5, 5.41) is 0. The lowest BCUT2D eigenvalue weighted by molar-refractivity contribution is 0.0313. The summed E-state index contributed by atoms with van der Waals surface area (Å²) in [7, 11) is 0. The molecule has 1 rings (SSSR count). The van der Waals surface area contributed by atoms with Crippen LogP contribution in [0.4, 0.5) is 4.79 Å². The van der Waals surface area contributed by atoms with Crippen LogP contribution in [-0.2, 0) is 4.74 Å². The number of carbonyl (C=O) groups is 1. The number of carbonyl (C=O) groups excluding carboxylic acids is 1. The van der Waals surface area contributed by atoms with Crippen LogP contribution in [0.3, 0.4) is 0 Å². The number of rotatable bonds is 1. The molecular weight excluding hydrogens is 226 g/mol. The van der Waals surface area contributed by atoms with E-state index in [-0.39, 0.29) is 6.09 Å². The first-order valence-corrected chi connectivity index (χ1v) is 6.63. The Balaban J connectivity index is 2.74. The van der Waals surface area contributed by atoms with Gasteiger partial charge in [0.1, 0.15) is 5.60 Å². The van der Waals surface area contributed by atoms with Gasteiger partial charge in [-0.15, -0.1) is 0 Å². The van der Waals surface area contributed by atoms with E-state index >= 15 is 0 Å². The van der Waals surface area contributed by atoms with Gasteiger partial charge in [0.15, 0.2) is 0 Å². The molecule has 0 aromatic heterocycles. The maximum absolute atomic E-state index is 12.1. The van der Waals surface area contributed by atoms with Gasteiger partial charge in [-0.05, 0) is 46.0 Å². The fourth-order valence-electron chi connectivity index (χ4n) is 1.62. The van der Waals surface area contributed by atoms with E-state index in [2.05, 4.69) is 18.8 Å². The monoisotopic (exact) mass is 249 g/mol. The third kappa shape index (κ3) is 4.83. The minimum Gasteiger partial charge on any atom is -0.443 e. The van der Waals surface area contributed by atoms with E-state index in [0.29, 0.717) is 6.54 Å². The highest BCUT2D eigenvalue weighted by molar-refractivity contribution is 5.72. The van der Waals surface area contributed by atoms with Crippen LogP contribution in [0.25, 0.3) is 0 Å². The lowest BCUT2D eigenvalue weighted by Gasteiger charge is -2.29. The molecule has 0 radical (unpaired) electrons. The molecule has 0 N–H and O–H groups in total. The van der Waals surface area contributed by atoms with Crippen molar-refractivity contribution in [1.82, 2.24) is 4.90 Å². The van der Waals surface area contributed by atoms with E-state index in [1.54, 1.807) is 4.90 Å². The van der Waals surface area contributed by atoms with Crippen molar-refractivity contribution in [1.29, 1.82) is 0 Å². The Morgan fingerprint density at radius 3 is 2.83 bits per heavy atom. The van der Waals surface area contributed by atoms with Gasteiger partial charge in [-0.25, -0.2) is 4.79 Å². The Morgan fingerprint density at radius 2 is 2.22 bits per heavy atom. The van der Waals surface area contributed by atoms with E-state index in [1.807, 2.05) is 26.8 Å². The summed E-state index contributed by atoms with van der Waals surface area (Å²) >= 11 is 0. The number of ether oxygens (including phenoxy) is 1. The predicted molar refractivity (Wildman–Crippen MR) is 72.9 cm³/mol. The van der Waals surface area contributed by atoms with Crippen LogP contribution in [0.15, 0.2) is 11.8 Å². The fourth-order valence-corrected chi connectivity index (χ4v) is 1.62. The van der Waals surface area contributed by atoms with Crippen molar-refractivity contribution in [2.24, 2.45) is 0 Å². The second-order valence-electron chi connectivity index (χ2n) is 5.42. The Morgan fingerprint density at radius 1 is 1.50 bits per heavy atom. The van der Waals surface area contributed by atoms with Gasteiger partial charge in [-0.3, -0.25) is 4.90 Å². The normalized spacial score (nSPS) is 15.6. The van der Waals surface area contributed by atoms with Crippen LogP contribution in [0.5, 0.6) is 0 Å². The average molecular weight is 249 g/mol. The average Bonchev–Trinajstić information content (AvgIpc) is 2.27. The van der Waals surface area contributed by atoms with Crippen molar-refractivity contribution >= 4 is 6.09 Å². The summed E-state index contributed by atoms with van der Waals surface area (Å²) in [6.45, 7) is 8.42. The van der Waals surface area contributed by atoms with Crippen LogP contribution >= 0.6 is 0 Å². The highest BCUT2D eigenvalue weighted by atomic mass is 16.6. The predicted octanol–water partition coefficient (Wildman–Crippen LogP) is 3.70. The molecule has 3 nitrogen and oxygen atoms in total. The molecule has 0 saturated heterocycles. The van der Waals surface area contributed by atoms with Crippen LogP contribution in [0.2, 0.25) is 0 Å². The summed E-state index contributed by atoms with van der Waals surface area (Å²) in [6.07, 6.45) is 5.58. The number of amides is 1. The van der Waals surface area contributed by atoms with Gasteiger partial charge in [0.05, 0.1) is 5.70 Å². The molecule has 0 atom stereocenters. The molecule has 0 aromatic carbocycles.